The van der Waals surface area contributed by atoms with Crippen LogP contribution in [-0.4, -0.2) is 40.8 Å². The Kier molecular flexibility index (Phi) is 3.76. The Labute approximate surface area is 125 Å². The predicted molar refractivity (Wildman–Crippen MR) is 80.4 cm³/mol. The topological polar surface area (TPSA) is 49.8 Å². The zero-order valence-corrected chi connectivity index (χ0v) is 12.7. The molecule has 2 atom stereocenters. The third kappa shape index (κ3) is 2.58. The van der Waals surface area contributed by atoms with Crippen LogP contribution >= 0.6 is 0 Å². The average molecular weight is 289 g/mol. The van der Waals surface area contributed by atoms with Gasteiger partial charge in [0.1, 0.15) is 0 Å². The number of benzene rings is 1. The van der Waals surface area contributed by atoms with Gasteiger partial charge in [-0.2, -0.15) is 0 Å². The second-order valence-electron chi connectivity index (χ2n) is 6.62. The van der Waals surface area contributed by atoms with Crippen LogP contribution in [-0.2, 0) is 11.3 Å². The second kappa shape index (κ2) is 5.43. The zero-order chi connectivity index (χ0) is 15.0. The Hall–Kier alpha value is -1.39. The van der Waals surface area contributed by atoms with E-state index in [9.17, 15) is 4.79 Å². The molecule has 1 spiro atoms. The fourth-order valence-electron chi connectivity index (χ4n) is 4.05. The summed E-state index contributed by atoms with van der Waals surface area (Å²) in [5.41, 5.74) is 1.48. The number of carboxylic acids is 1. The van der Waals surface area contributed by atoms with Crippen molar-refractivity contribution in [3.05, 3.63) is 35.4 Å². The Balaban J connectivity index is 1.73. The summed E-state index contributed by atoms with van der Waals surface area (Å²) in [6, 6.07) is 7.69. The molecular weight excluding hydrogens is 266 g/mol. The number of hydrogen-bond donors (Lipinski definition) is 1. The summed E-state index contributed by atoms with van der Waals surface area (Å²) < 4.78 is 6.04. The fraction of sp³-hybridized carbons (Fsp3) is 0.588. The summed E-state index contributed by atoms with van der Waals surface area (Å²) in [5.74, 6) is -0.323. The highest BCUT2D eigenvalue weighted by Crippen LogP contribution is 2.44. The van der Waals surface area contributed by atoms with Gasteiger partial charge in [-0.15, -0.1) is 0 Å². The lowest BCUT2D eigenvalue weighted by Gasteiger charge is -2.57. The van der Waals surface area contributed by atoms with Gasteiger partial charge in [0.05, 0.1) is 11.2 Å². The van der Waals surface area contributed by atoms with Crippen LogP contribution in [0.2, 0.25) is 0 Å². The van der Waals surface area contributed by atoms with Gasteiger partial charge in [-0.1, -0.05) is 26.0 Å². The highest BCUT2D eigenvalue weighted by Gasteiger charge is 2.55. The van der Waals surface area contributed by atoms with E-state index in [4.69, 9.17) is 9.84 Å². The first-order valence-electron chi connectivity index (χ1n) is 7.72. The highest BCUT2D eigenvalue weighted by molar-refractivity contribution is 5.87. The summed E-state index contributed by atoms with van der Waals surface area (Å²) in [5, 5.41) is 9.09. The van der Waals surface area contributed by atoms with Crippen LogP contribution in [0.25, 0.3) is 0 Å². The Morgan fingerprint density at radius 3 is 2.95 bits per heavy atom. The van der Waals surface area contributed by atoms with Gasteiger partial charge < -0.3 is 9.84 Å². The van der Waals surface area contributed by atoms with E-state index >= 15 is 0 Å². The van der Waals surface area contributed by atoms with Gasteiger partial charge in [0, 0.05) is 25.7 Å². The van der Waals surface area contributed by atoms with Gasteiger partial charge >= 0.3 is 5.97 Å². The van der Waals surface area contributed by atoms with Gasteiger partial charge in [0.2, 0.25) is 0 Å². The molecular formula is C17H23NO3. The van der Waals surface area contributed by atoms with Gasteiger partial charge in [0.25, 0.3) is 0 Å². The van der Waals surface area contributed by atoms with Crippen LogP contribution in [0, 0.1) is 5.92 Å². The van der Waals surface area contributed by atoms with Crippen molar-refractivity contribution in [3.8, 4) is 0 Å². The van der Waals surface area contributed by atoms with Crippen molar-refractivity contribution in [1.29, 1.82) is 0 Å². The fourth-order valence-corrected chi connectivity index (χ4v) is 4.05. The molecule has 114 valence electrons. The molecule has 0 amide bonds. The van der Waals surface area contributed by atoms with Gasteiger partial charge in [-0.05, 0) is 36.5 Å². The van der Waals surface area contributed by atoms with Crippen LogP contribution in [0.1, 0.15) is 42.6 Å². The quantitative estimate of drug-likeness (QED) is 0.926. The number of nitrogens with zero attached hydrogens (tertiary/aromatic N) is 1. The minimum Gasteiger partial charge on any atom is -0.478 e. The SMILES string of the molecule is CC(C)C1N(Cc2cccc(C(=O)O)c2)CC12CCCO2. The second-order valence-corrected chi connectivity index (χ2v) is 6.62. The summed E-state index contributed by atoms with van der Waals surface area (Å²) in [7, 11) is 0. The minimum absolute atomic E-state index is 0.0541. The first-order chi connectivity index (χ1) is 10.0. The number of ether oxygens (including phenoxy) is 1. The first-order valence-corrected chi connectivity index (χ1v) is 7.72. The molecule has 2 aliphatic heterocycles. The van der Waals surface area contributed by atoms with E-state index in [-0.39, 0.29) is 5.60 Å². The number of hydrogen-bond acceptors (Lipinski definition) is 3. The van der Waals surface area contributed by atoms with E-state index in [0.717, 1.165) is 38.1 Å². The predicted octanol–water partition coefficient (Wildman–Crippen LogP) is 2.77. The molecule has 4 nitrogen and oxygen atoms in total. The van der Waals surface area contributed by atoms with Crippen molar-refractivity contribution in [3.63, 3.8) is 0 Å². The summed E-state index contributed by atoms with van der Waals surface area (Å²) >= 11 is 0. The average Bonchev–Trinajstić information content (AvgIpc) is 2.88. The Bertz CT molecular complexity index is 535. The molecule has 0 radical (unpaired) electrons. The van der Waals surface area contributed by atoms with Gasteiger partial charge in [-0.25, -0.2) is 4.79 Å². The van der Waals surface area contributed by atoms with Crippen molar-refractivity contribution >= 4 is 5.97 Å². The summed E-state index contributed by atoms with van der Waals surface area (Å²) in [4.78, 5) is 13.5. The summed E-state index contributed by atoms with van der Waals surface area (Å²) in [6.07, 6.45) is 2.31. The Morgan fingerprint density at radius 1 is 1.52 bits per heavy atom. The molecule has 4 heteroatoms. The smallest absolute Gasteiger partial charge is 0.335 e. The van der Waals surface area contributed by atoms with Crippen LogP contribution in [0.3, 0.4) is 0 Å². The number of carboxylic acid groups (broad SMARTS) is 1. The van der Waals surface area contributed by atoms with E-state index in [1.54, 1.807) is 12.1 Å². The molecule has 2 aliphatic rings. The largest absolute Gasteiger partial charge is 0.478 e. The Morgan fingerprint density at radius 2 is 2.33 bits per heavy atom. The molecule has 0 aliphatic carbocycles. The van der Waals surface area contributed by atoms with Crippen molar-refractivity contribution < 1.29 is 14.6 Å². The maximum atomic E-state index is 11.1. The maximum Gasteiger partial charge on any atom is 0.335 e. The number of rotatable bonds is 4. The molecule has 3 rings (SSSR count). The van der Waals surface area contributed by atoms with E-state index in [1.165, 1.54) is 0 Å². The van der Waals surface area contributed by atoms with Crippen LogP contribution in [0.5, 0.6) is 0 Å². The van der Waals surface area contributed by atoms with E-state index in [0.29, 0.717) is 17.5 Å². The third-order valence-electron chi connectivity index (χ3n) is 4.73. The lowest BCUT2D eigenvalue weighted by Crippen LogP contribution is -2.70. The van der Waals surface area contributed by atoms with Crippen molar-refractivity contribution in [2.75, 3.05) is 13.2 Å². The molecule has 0 bridgehead atoms. The first kappa shape index (κ1) is 14.5. The molecule has 2 heterocycles. The molecule has 1 N–H and O–H groups in total. The van der Waals surface area contributed by atoms with Gasteiger partial charge in [-0.3, -0.25) is 4.90 Å². The molecule has 2 fully saturated rings. The molecule has 21 heavy (non-hydrogen) atoms. The molecule has 2 saturated heterocycles. The van der Waals surface area contributed by atoms with Crippen LogP contribution < -0.4 is 0 Å². The maximum absolute atomic E-state index is 11.1. The molecule has 1 aromatic carbocycles. The van der Waals surface area contributed by atoms with E-state index in [2.05, 4.69) is 18.7 Å². The lowest BCUT2D eigenvalue weighted by molar-refractivity contribution is -0.179. The molecule has 2 unspecified atom stereocenters. The number of aromatic carboxylic acids is 1. The molecule has 0 saturated carbocycles. The van der Waals surface area contributed by atoms with Crippen molar-refractivity contribution in [2.45, 2.75) is 44.9 Å². The van der Waals surface area contributed by atoms with Crippen LogP contribution in [0.4, 0.5) is 0 Å². The van der Waals surface area contributed by atoms with E-state index in [1.807, 2.05) is 12.1 Å². The van der Waals surface area contributed by atoms with E-state index < -0.39 is 5.97 Å². The molecule has 1 aromatic rings. The van der Waals surface area contributed by atoms with Gasteiger partial charge in [0.15, 0.2) is 0 Å². The van der Waals surface area contributed by atoms with Crippen molar-refractivity contribution in [2.24, 2.45) is 5.92 Å². The number of likely N-dealkylation sites (tertiary alicyclic amines) is 1. The standard InChI is InChI=1S/C17H23NO3/c1-12(2)15-17(7-4-8-21-17)11-18(15)10-13-5-3-6-14(9-13)16(19)20/h3,5-6,9,12,15H,4,7-8,10-11H2,1-2H3,(H,19,20). The third-order valence-corrected chi connectivity index (χ3v) is 4.73. The highest BCUT2D eigenvalue weighted by atomic mass is 16.5. The zero-order valence-electron chi connectivity index (χ0n) is 12.7. The van der Waals surface area contributed by atoms with Crippen LogP contribution in [0.15, 0.2) is 24.3 Å². The normalized spacial score (nSPS) is 29.0. The summed E-state index contributed by atoms with van der Waals surface area (Å²) in [6.45, 7) is 7.13. The monoisotopic (exact) mass is 289 g/mol. The minimum atomic E-state index is -0.864. The number of carbonyl (C=O) groups is 1. The molecule has 0 aromatic heterocycles. The van der Waals surface area contributed by atoms with Crippen molar-refractivity contribution in [1.82, 2.24) is 4.90 Å². The lowest BCUT2D eigenvalue weighted by atomic mass is 9.75.